The van der Waals surface area contributed by atoms with Gasteiger partial charge in [0.25, 0.3) is 11.8 Å². The van der Waals surface area contributed by atoms with Crippen LogP contribution in [0.5, 0.6) is 0 Å². The van der Waals surface area contributed by atoms with E-state index in [9.17, 15) is 23.2 Å². The molecule has 0 unspecified atom stereocenters. The highest BCUT2D eigenvalue weighted by atomic mass is 19.1. The minimum absolute atomic E-state index is 0.0641. The second-order valence-corrected chi connectivity index (χ2v) is 9.06. The van der Waals surface area contributed by atoms with Crippen molar-refractivity contribution in [1.29, 1.82) is 0 Å². The molecule has 2 fully saturated rings. The number of nitrogens with zero attached hydrogens (tertiary/aromatic N) is 1. The zero-order valence-corrected chi connectivity index (χ0v) is 18.9. The van der Waals surface area contributed by atoms with Crippen molar-refractivity contribution in [3.05, 3.63) is 71.3 Å². The number of likely N-dealkylation sites (tertiary alicyclic amines) is 1. The first-order valence-corrected chi connectivity index (χ1v) is 11.8. The summed E-state index contributed by atoms with van der Waals surface area (Å²) in [5, 5.41) is 6.12. The molecule has 8 heteroatoms. The van der Waals surface area contributed by atoms with Gasteiger partial charge in [-0.1, -0.05) is 18.9 Å². The Labute approximate surface area is 197 Å². The molecule has 34 heavy (non-hydrogen) atoms. The highest BCUT2D eigenvalue weighted by molar-refractivity contribution is 5.95. The third kappa shape index (κ3) is 5.79. The molecule has 180 valence electrons. The fourth-order valence-electron chi connectivity index (χ4n) is 4.78. The zero-order valence-electron chi connectivity index (χ0n) is 18.9. The molecule has 1 saturated heterocycles. The second kappa shape index (κ2) is 10.8. The monoisotopic (exact) mass is 469 g/mol. The van der Waals surface area contributed by atoms with Gasteiger partial charge >= 0.3 is 0 Å². The summed E-state index contributed by atoms with van der Waals surface area (Å²) in [4.78, 5) is 39.8. The smallest absolute Gasteiger partial charge is 0.253 e. The molecule has 4 rings (SSSR count). The van der Waals surface area contributed by atoms with E-state index in [1.54, 1.807) is 11.0 Å². The number of amides is 3. The minimum Gasteiger partial charge on any atom is -0.351 e. The predicted molar refractivity (Wildman–Crippen MR) is 123 cm³/mol. The molecule has 2 aliphatic rings. The van der Waals surface area contributed by atoms with E-state index in [0.717, 1.165) is 25.7 Å². The summed E-state index contributed by atoms with van der Waals surface area (Å²) in [7, 11) is 0. The van der Waals surface area contributed by atoms with Crippen LogP contribution < -0.4 is 10.6 Å². The molecule has 1 heterocycles. The number of carbonyl (C=O) groups excluding carboxylic acids is 3. The van der Waals surface area contributed by atoms with Gasteiger partial charge in [-0.3, -0.25) is 14.4 Å². The molecule has 1 saturated carbocycles. The molecule has 0 bridgehead atoms. The fourth-order valence-corrected chi connectivity index (χ4v) is 4.78. The van der Waals surface area contributed by atoms with Gasteiger partial charge < -0.3 is 15.5 Å². The number of piperidine rings is 1. The Bertz CT molecular complexity index is 1040. The second-order valence-electron chi connectivity index (χ2n) is 9.06. The number of halogens is 2. The Morgan fingerprint density at radius 3 is 2.06 bits per heavy atom. The molecule has 1 aliphatic carbocycles. The lowest BCUT2D eigenvalue weighted by atomic mass is 9.88. The number of hydrogen-bond donors (Lipinski definition) is 2. The largest absolute Gasteiger partial charge is 0.351 e. The lowest BCUT2D eigenvalue weighted by Gasteiger charge is -2.36. The molecule has 0 aromatic heterocycles. The highest BCUT2D eigenvalue weighted by Crippen LogP contribution is 2.23. The quantitative estimate of drug-likeness (QED) is 0.701. The average Bonchev–Trinajstić information content (AvgIpc) is 2.85. The van der Waals surface area contributed by atoms with Crippen molar-refractivity contribution >= 4 is 17.7 Å². The Hall–Kier alpha value is -3.29. The van der Waals surface area contributed by atoms with Crippen molar-refractivity contribution in [1.82, 2.24) is 15.5 Å². The Morgan fingerprint density at radius 2 is 1.41 bits per heavy atom. The fraction of sp³-hybridized carbons (Fsp3) is 0.423. The maximum Gasteiger partial charge on any atom is 0.253 e. The summed E-state index contributed by atoms with van der Waals surface area (Å²) in [6.45, 7) is 0.867. The van der Waals surface area contributed by atoms with Crippen LogP contribution in [0.1, 0.15) is 59.2 Å². The molecule has 2 aromatic rings. The van der Waals surface area contributed by atoms with Crippen molar-refractivity contribution in [3.63, 3.8) is 0 Å². The lowest BCUT2D eigenvalue weighted by Crippen LogP contribution is -2.55. The molecule has 2 atom stereocenters. The van der Waals surface area contributed by atoms with E-state index in [2.05, 4.69) is 10.6 Å². The van der Waals surface area contributed by atoms with Crippen LogP contribution in [-0.2, 0) is 4.79 Å². The minimum atomic E-state index is -0.450. The first-order valence-electron chi connectivity index (χ1n) is 11.8. The summed E-state index contributed by atoms with van der Waals surface area (Å²) >= 11 is 0. The van der Waals surface area contributed by atoms with Crippen LogP contribution in [0.4, 0.5) is 8.78 Å². The van der Waals surface area contributed by atoms with Crippen LogP contribution in [0.25, 0.3) is 0 Å². The van der Waals surface area contributed by atoms with Gasteiger partial charge in [0.1, 0.15) is 11.6 Å². The van der Waals surface area contributed by atoms with Crippen LogP contribution >= 0.6 is 0 Å². The molecule has 2 aromatic carbocycles. The van der Waals surface area contributed by atoms with E-state index < -0.39 is 11.6 Å². The summed E-state index contributed by atoms with van der Waals surface area (Å²) in [5.41, 5.74) is 0.692. The number of hydrogen-bond acceptors (Lipinski definition) is 3. The van der Waals surface area contributed by atoms with Crippen molar-refractivity contribution in [2.45, 2.75) is 50.6 Å². The van der Waals surface area contributed by atoms with E-state index in [0.29, 0.717) is 37.1 Å². The van der Waals surface area contributed by atoms with Crippen molar-refractivity contribution in [3.8, 4) is 0 Å². The van der Waals surface area contributed by atoms with E-state index in [1.807, 2.05) is 0 Å². The Morgan fingerprint density at radius 1 is 0.765 bits per heavy atom. The summed E-state index contributed by atoms with van der Waals surface area (Å²) in [5.74, 6) is -1.64. The van der Waals surface area contributed by atoms with Crippen molar-refractivity contribution in [2.75, 3.05) is 13.1 Å². The number of nitrogens with one attached hydrogen (secondary N) is 2. The summed E-state index contributed by atoms with van der Waals surface area (Å²) in [6, 6.07) is 10.7. The van der Waals surface area contributed by atoms with Gasteiger partial charge in [0.2, 0.25) is 5.91 Å². The van der Waals surface area contributed by atoms with Gasteiger partial charge in [-0.15, -0.1) is 0 Å². The highest BCUT2D eigenvalue weighted by Gasteiger charge is 2.32. The molecule has 3 amide bonds. The molecular weight excluding hydrogens is 440 g/mol. The summed E-state index contributed by atoms with van der Waals surface area (Å²) < 4.78 is 26.6. The maximum atomic E-state index is 13.4. The van der Waals surface area contributed by atoms with E-state index in [1.165, 1.54) is 42.5 Å². The van der Waals surface area contributed by atoms with Crippen LogP contribution in [-0.4, -0.2) is 47.8 Å². The SMILES string of the molecule is O=C(N[C@@H]1CCCC[C@H]1NC(=O)C1CCN(C(=O)c2cccc(F)c2)CC1)c1ccc(F)cc1. The lowest BCUT2D eigenvalue weighted by molar-refractivity contribution is -0.127. The van der Waals surface area contributed by atoms with Gasteiger partial charge in [-0.25, -0.2) is 8.78 Å². The van der Waals surface area contributed by atoms with Crippen molar-refractivity contribution < 1.29 is 23.2 Å². The molecule has 1 aliphatic heterocycles. The van der Waals surface area contributed by atoms with Crippen molar-refractivity contribution in [2.24, 2.45) is 5.92 Å². The maximum absolute atomic E-state index is 13.4. The van der Waals surface area contributed by atoms with Gasteiger partial charge in [0, 0.05) is 42.2 Å². The third-order valence-corrected chi connectivity index (χ3v) is 6.74. The van der Waals surface area contributed by atoms with Crippen LogP contribution in [0.2, 0.25) is 0 Å². The van der Waals surface area contributed by atoms with E-state index >= 15 is 0 Å². The molecule has 2 N–H and O–H groups in total. The van der Waals surface area contributed by atoms with Gasteiger partial charge in [-0.05, 0) is 68.1 Å². The Balaban J connectivity index is 1.30. The average molecular weight is 470 g/mol. The first-order chi connectivity index (χ1) is 16.4. The normalized spacial score (nSPS) is 21.1. The predicted octanol–water partition coefficient (Wildman–Crippen LogP) is 3.67. The first kappa shape index (κ1) is 23.9. The number of rotatable bonds is 5. The van der Waals surface area contributed by atoms with Gasteiger partial charge in [0.15, 0.2) is 0 Å². The zero-order chi connectivity index (χ0) is 24.1. The molecular formula is C26H29F2N3O3. The molecule has 6 nitrogen and oxygen atoms in total. The van der Waals surface area contributed by atoms with E-state index in [-0.39, 0.29) is 35.7 Å². The van der Waals surface area contributed by atoms with Gasteiger partial charge in [0.05, 0.1) is 0 Å². The standard InChI is InChI=1S/C26H29F2N3O3/c27-20-10-8-17(9-11-20)24(32)29-22-6-1-2-7-23(22)30-25(33)18-12-14-31(15-13-18)26(34)19-4-3-5-21(28)16-19/h3-5,8-11,16,18,22-23H,1-2,6-7,12-15H2,(H,29,32)(H,30,33)/t22-,23-/m1/s1. The van der Waals surface area contributed by atoms with E-state index in [4.69, 9.17) is 0 Å². The third-order valence-electron chi connectivity index (χ3n) is 6.74. The Kier molecular flexibility index (Phi) is 7.55. The molecule has 0 spiro atoms. The molecule has 0 radical (unpaired) electrons. The topological polar surface area (TPSA) is 78.5 Å². The number of benzene rings is 2. The van der Waals surface area contributed by atoms with Crippen LogP contribution in [0.3, 0.4) is 0 Å². The van der Waals surface area contributed by atoms with Gasteiger partial charge in [-0.2, -0.15) is 0 Å². The van der Waals surface area contributed by atoms with Crippen LogP contribution in [0, 0.1) is 17.6 Å². The summed E-state index contributed by atoms with van der Waals surface area (Å²) in [6.07, 6.45) is 4.53. The number of carbonyl (C=O) groups is 3. The van der Waals surface area contributed by atoms with Crippen LogP contribution in [0.15, 0.2) is 48.5 Å².